The Balaban J connectivity index is 1.86. The fourth-order valence-electron chi connectivity index (χ4n) is 2.16. The number of oxazole rings is 1. The first-order chi connectivity index (χ1) is 10.5. The lowest BCUT2D eigenvalue weighted by Crippen LogP contribution is -2.36. The van der Waals surface area contributed by atoms with Crippen LogP contribution in [0.4, 0.5) is 0 Å². The van der Waals surface area contributed by atoms with Crippen molar-refractivity contribution in [3.63, 3.8) is 0 Å². The van der Waals surface area contributed by atoms with Crippen LogP contribution in [0.3, 0.4) is 0 Å². The summed E-state index contributed by atoms with van der Waals surface area (Å²) < 4.78 is 6.63. The Hall–Kier alpha value is -2.08. The van der Waals surface area contributed by atoms with E-state index in [1.165, 1.54) is 4.57 Å². The highest BCUT2D eigenvalue weighted by molar-refractivity contribution is 5.76. The predicted octanol–water partition coefficient (Wildman–Crippen LogP) is 1.44. The molecule has 1 heterocycles. The SMILES string of the molecule is CC(C)N(C)CCNC(=O)CCn1c(=O)oc2ccccc21. The standard InChI is InChI=1S/C16H23N3O3/c1-12(2)18(3)11-9-17-15(20)8-10-19-13-6-4-5-7-14(13)22-16(19)21/h4-7,12H,8-11H2,1-3H3,(H,17,20). The monoisotopic (exact) mass is 305 g/mol. The number of amides is 1. The molecule has 0 aliphatic rings. The van der Waals surface area contributed by atoms with E-state index in [0.29, 0.717) is 24.7 Å². The molecule has 0 unspecified atom stereocenters. The smallest absolute Gasteiger partial charge is 0.408 e. The Bertz CT molecular complexity index is 687. The number of nitrogens with one attached hydrogen (secondary N) is 1. The minimum absolute atomic E-state index is 0.0608. The molecule has 0 fully saturated rings. The summed E-state index contributed by atoms with van der Waals surface area (Å²) >= 11 is 0. The lowest BCUT2D eigenvalue weighted by Gasteiger charge is -2.20. The molecule has 22 heavy (non-hydrogen) atoms. The molecule has 1 N–H and O–H groups in total. The topological polar surface area (TPSA) is 67.5 Å². The molecule has 1 aromatic heterocycles. The molecule has 6 heteroatoms. The molecular weight excluding hydrogens is 282 g/mol. The third-order valence-corrected chi connectivity index (χ3v) is 3.80. The van der Waals surface area contributed by atoms with Gasteiger partial charge in [-0.3, -0.25) is 9.36 Å². The Kier molecular flexibility index (Phi) is 5.38. The highest BCUT2D eigenvalue weighted by atomic mass is 16.4. The van der Waals surface area contributed by atoms with Crippen molar-refractivity contribution in [2.75, 3.05) is 20.1 Å². The minimum Gasteiger partial charge on any atom is -0.408 e. The van der Waals surface area contributed by atoms with E-state index in [0.717, 1.165) is 12.1 Å². The van der Waals surface area contributed by atoms with E-state index in [-0.39, 0.29) is 12.3 Å². The summed E-state index contributed by atoms with van der Waals surface area (Å²) in [6.45, 7) is 5.95. The van der Waals surface area contributed by atoms with Gasteiger partial charge in [0.25, 0.3) is 0 Å². The average Bonchev–Trinajstić information content (AvgIpc) is 2.80. The zero-order valence-corrected chi connectivity index (χ0v) is 13.3. The van der Waals surface area contributed by atoms with Crippen molar-refractivity contribution in [3.8, 4) is 0 Å². The predicted molar refractivity (Wildman–Crippen MR) is 85.9 cm³/mol. The number of para-hydroxylation sites is 2. The van der Waals surface area contributed by atoms with Gasteiger partial charge in [-0.05, 0) is 33.0 Å². The molecule has 0 radical (unpaired) electrons. The molecule has 0 atom stereocenters. The van der Waals surface area contributed by atoms with Gasteiger partial charge in [0.15, 0.2) is 5.58 Å². The summed E-state index contributed by atoms with van der Waals surface area (Å²) in [5, 5.41) is 2.87. The number of carbonyl (C=O) groups is 1. The van der Waals surface area contributed by atoms with E-state index in [1.54, 1.807) is 6.07 Å². The lowest BCUT2D eigenvalue weighted by molar-refractivity contribution is -0.121. The fourth-order valence-corrected chi connectivity index (χ4v) is 2.16. The number of hydrogen-bond donors (Lipinski definition) is 1. The van der Waals surface area contributed by atoms with Gasteiger partial charge in [-0.2, -0.15) is 0 Å². The molecule has 0 aliphatic carbocycles. The van der Waals surface area contributed by atoms with Crippen LogP contribution < -0.4 is 11.1 Å². The summed E-state index contributed by atoms with van der Waals surface area (Å²) in [5.41, 5.74) is 1.27. The Labute approximate surface area is 129 Å². The van der Waals surface area contributed by atoms with Crippen LogP contribution in [0.25, 0.3) is 11.1 Å². The van der Waals surface area contributed by atoms with Crippen LogP contribution >= 0.6 is 0 Å². The van der Waals surface area contributed by atoms with E-state index in [4.69, 9.17) is 4.42 Å². The summed E-state index contributed by atoms with van der Waals surface area (Å²) in [4.78, 5) is 25.8. The zero-order chi connectivity index (χ0) is 16.1. The molecule has 2 rings (SSSR count). The van der Waals surface area contributed by atoms with Crippen LogP contribution in [-0.2, 0) is 11.3 Å². The van der Waals surface area contributed by atoms with Crippen LogP contribution in [0.1, 0.15) is 20.3 Å². The second-order valence-electron chi connectivity index (χ2n) is 5.66. The quantitative estimate of drug-likeness (QED) is 0.840. The van der Waals surface area contributed by atoms with Gasteiger partial charge < -0.3 is 14.6 Å². The van der Waals surface area contributed by atoms with Crippen LogP contribution in [0.5, 0.6) is 0 Å². The molecule has 1 aromatic carbocycles. The molecule has 120 valence electrons. The zero-order valence-electron chi connectivity index (χ0n) is 13.3. The number of likely N-dealkylation sites (N-methyl/N-ethyl adjacent to an activating group) is 1. The van der Waals surface area contributed by atoms with E-state index in [2.05, 4.69) is 24.1 Å². The third-order valence-electron chi connectivity index (χ3n) is 3.80. The largest absolute Gasteiger partial charge is 0.419 e. The first-order valence-corrected chi connectivity index (χ1v) is 7.54. The van der Waals surface area contributed by atoms with Gasteiger partial charge in [-0.25, -0.2) is 4.79 Å². The van der Waals surface area contributed by atoms with Gasteiger partial charge in [0.2, 0.25) is 5.91 Å². The maximum absolute atomic E-state index is 11.9. The van der Waals surface area contributed by atoms with Crippen molar-refractivity contribution < 1.29 is 9.21 Å². The minimum atomic E-state index is -0.423. The van der Waals surface area contributed by atoms with E-state index in [9.17, 15) is 9.59 Å². The van der Waals surface area contributed by atoms with Crippen LogP contribution in [0, 0.1) is 0 Å². The second-order valence-corrected chi connectivity index (χ2v) is 5.66. The number of nitrogens with zero attached hydrogens (tertiary/aromatic N) is 2. The summed E-state index contributed by atoms with van der Waals surface area (Å²) in [7, 11) is 2.02. The molecule has 0 aliphatic heterocycles. The van der Waals surface area contributed by atoms with Gasteiger partial charge >= 0.3 is 5.76 Å². The second kappa shape index (κ2) is 7.26. The van der Waals surface area contributed by atoms with E-state index < -0.39 is 5.76 Å². The van der Waals surface area contributed by atoms with Crippen LogP contribution in [0.2, 0.25) is 0 Å². The van der Waals surface area contributed by atoms with Crippen molar-refractivity contribution in [3.05, 3.63) is 34.8 Å². The summed E-state index contributed by atoms with van der Waals surface area (Å²) in [5.74, 6) is -0.483. The molecule has 0 bridgehead atoms. The van der Waals surface area contributed by atoms with Crippen LogP contribution in [-0.4, -0.2) is 41.6 Å². The fraction of sp³-hybridized carbons (Fsp3) is 0.500. The highest BCUT2D eigenvalue weighted by Crippen LogP contribution is 2.11. The molecular formula is C16H23N3O3. The molecule has 0 saturated carbocycles. The lowest BCUT2D eigenvalue weighted by atomic mass is 10.3. The van der Waals surface area contributed by atoms with Gasteiger partial charge in [0, 0.05) is 32.1 Å². The van der Waals surface area contributed by atoms with Crippen molar-refractivity contribution in [2.45, 2.75) is 32.9 Å². The highest BCUT2D eigenvalue weighted by Gasteiger charge is 2.10. The number of benzene rings is 1. The van der Waals surface area contributed by atoms with Crippen LogP contribution in [0.15, 0.2) is 33.5 Å². The maximum atomic E-state index is 11.9. The molecule has 6 nitrogen and oxygen atoms in total. The number of aryl methyl sites for hydroxylation is 1. The van der Waals surface area contributed by atoms with Crippen molar-refractivity contribution in [1.29, 1.82) is 0 Å². The van der Waals surface area contributed by atoms with Gasteiger partial charge in [-0.15, -0.1) is 0 Å². The first kappa shape index (κ1) is 16.3. The average molecular weight is 305 g/mol. The number of aromatic nitrogens is 1. The van der Waals surface area contributed by atoms with Crippen molar-refractivity contribution in [1.82, 2.24) is 14.8 Å². The summed E-state index contributed by atoms with van der Waals surface area (Å²) in [6, 6.07) is 7.67. The normalized spacial score (nSPS) is 11.5. The molecule has 2 aromatic rings. The van der Waals surface area contributed by atoms with Gasteiger partial charge in [0.1, 0.15) is 0 Å². The Morgan fingerprint density at radius 2 is 2.09 bits per heavy atom. The van der Waals surface area contributed by atoms with Gasteiger partial charge in [0.05, 0.1) is 5.52 Å². The van der Waals surface area contributed by atoms with E-state index in [1.807, 2.05) is 25.2 Å². The van der Waals surface area contributed by atoms with Gasteiger partial charge in [-0.1, -0.05) is 12.1 Å². The molecule has 0 saturated heterocycles. The van der Waals surface area contributed by atoms with Crippen molar-refractivity contribution in [2.24, 2.45) is 0 Å². The maximum Gasteiger partial charge on any atom is 0.419 e. The number of hydrogen-bond acceptors (Lipinski definition) is 4. The van der Waals surface area contributed by atoms with E-state index >= 15 is 0 Å². The Morgan fingerprint density at radius 1 is 1.36 bits per heavy atom. The van der Waals surface area contributed by atoms with Crippen molar-refractivity contribution >= 4 is 17.0 Å². The third kappa shape index (κ3) is 3.98. The molecule has 1 amide bonds. The summed E-state index contributed by atoms with van der Waals surface area (Å²) in [6.07, 6.45) is 0.259. The Morgan fingerprint density at radius 3 is 2.82 bits per heavy atom. The number of fused-ring (bicyclic) bond motifs is 1. The number of rotatable bonds is 7. The molecule has 0 spiro atoms. The first-order valence-electron chi connectivity index (χ1n) is 7.54. The number of carbonyl (C=O) groups excluding carboxylic acids is 1.